The van der Waals surface area contributed by atoms with E-state index < -0.39 is 11.7 Å². The van der Waals surface area contributed by atoms with Crippen LogP contribution >= 0.6 is 0 Å². The van der Waals surface area contributed by atoms with Gasteiger partial charge < -0.3 is 9.47 Å². The minimum Gasteiger partial charge on any atom is -0.363 e. The van der Waals surface area contributed by atoms with E-state index in [-0.39, 0.29) is 6.54 Å². The van der Waals surface area contributed by atoms with E-state index in [1.807, 2.05) is 65.0 Å². The van der Waals surface area contributed by atoms with E-state index in [0.29, 0.717) is 24.1 Å². The zero-order valence-corrected chi connectivity index (χ0v) is 21.9. The average molecular weight is 530 g/mol. The fraction of sp³-hybridized carbons (Fsp3) is 0.355. The Balaban J connectivity index is 1.19. The van der Waals surface area contributed by atoms with Gasteiger partial charge in [-0.05, 0) is 77.2 Å². The van der Waals surface area contributed by atoms with Gasteiger partial charge in [-0.2, -0.15) is 13.2 Å². The second kappa shape index (κ2) is 8.95. The minimum absolute atomic E-state index is 0.242. The highest BCUT2D eigenvalue weighted by Crippen LogP contribution is 2.53. The molecule has 0 radical (unpaired) electrons. The number of likely N-dealkylation sites (tertiary alicyclic amines) is 1. The second-order valence-electron chi connectivity index (χ2n) is 11.5. The predicted molar refractivity (Wildman–Crippen MR) is 145 cm³/mol. The first-order valence-corrected chi connectivity index (χ1v) is 13.5. The summed E-state index contributed by atoms with van der Waals surface area (Å²) < 4.78 is 44.6. The summed E-state index contributed by atoms with van der Waals surface area (Å²) in [6, 6.07) is 19.5. The maximum absolute atomic E-state index is 14.3. The molecular weight excluding hydrogens is 499 g/mol. The molecule has 3 heterocycles. The number of fused-ring (bicyclic) bond motifs is 1. The van der Waals surface area contributed by atoms with Crippen LogP contribution < -0.4 is 4.90 Å². The summed E-state index contributed by atoms with van der Waals surface area (Å²) in [4.78, 5) is 4.38. The molecule has 0 atom stereocenters. The molecule has 0 amide bonds. The molecule has 0 N–H and O–H groups in total. The van der Waals surface area contributed by atoms with E-state index in [2.05, 4.69) is 21.2 Å². The molecule has 3 aliphatic rings. The number of halogens is 3. The van der Waals surface area contributed by atoms with E-state index in [0.717, 1.165) is 52.4 Å². The second-order valence-corrected chi connectivity index (χ2v) is 11.5. The molecule has 1 aliphatic carbocycles. The SMILES string of the molecule is Cn1cnnc1-c1ccccc1-c1cccc(N2Cc3cc(CN4CCC5(CC5)C4)cc(C(F)(F)F)c3C2)c1. The van der Waals surface area contributed by atoms with Gasteiger partial charge >= 0.3 is 6.18 Å². The first kappa shape index (κ1) is 24.4. The number of rotatable bonds is 5. The number of nitrogens with zero attached hydrogens (tertiary/aromatic N) is 5. The Kier molecular flexibility index (Phi) is 5.60. The van der Waals surface area contributed by atoms with Crippen molar-refractivity contribution >= 4 is 5.69 Å². The van der Waals surface area contributed by atoms with Crippen molar-refractivity contribution in [2.24, 2.45) is 12.5 Å². The van der Waals surface area contributed by atoms with Crippen LogP contribution in [0.3, 0.4) is 0 Å². The Morgan fingerprint density at radius 1 is 0.923 bits per heavy atom. The largest absolute Gasteiger partial charge is 0.416 e. The summed E-state index contributed by atoms with van der Waals surface area (Å²) in [5, 5.41) is 8.30. The summed E-state index contributed by atoms with van der Waals surface area (Å²) >= 11 is 0. The first-order chi connectivity index (χ1) is 18.8. The molecule has 8 heteroatoms. The third-order valence-corrected chi connectivity index (χ3v) is 8.70. The fourth-order valence-electron chi connectivity index (χ4n) is 6.44. The lowest BCUT2D eigenvalue weighted by molar-refractivity contribution is -0.138. The number of aryl methyl sites for hydroxylation is 1. The van der Waals surface area contributed by atoms with Crippen LogP contribution in [-0.2, 0) is 32.9 Å². The van der Waals surface area contributed by atoms with Crippen molar-refractivity contribution in [3.8, 4) is 22.5 Å². The van der Waals surface area contributed by atoms with Crippen LogP contribution in [0.25, 0.3) is 22.5 Å². The Labute approximate surface area is 225 Å². The summed E-state index contributed by atoms with van der Waals surface area (Å²) in [7, 11) is 1.91. The van der Waals surface area contributed by atoms with Gasteiger partial charge in [0.15, 0.2) is 5.82 Å². The Bertz CT molecular complexity index is 1550. The molecule has 5 nitrogen and oxygen atoms in total. The molecule has 1 spiro atoms. The maximum atomic E-state index is 14.3. The van der Waals surface area contributed by atoms with Crippen molar-refractivity contribution in [2.75, 3.05) is 18.0 Å². The van der Waals surface area contributed by atoms with Gasteiger partial charge in [0.1, 0.15) is 6.33 Å². The van der Waals surface area contributed by atoms with E-state index in [9.17, 15) is 13.2 Å². The fourth-order valence-corrected chi connectivity index (χ4v) is 6.44. The molecule has 1 saturated heterocycles. The van der Waals surface area contributed by atoms with Crippen LogP contribution in [0.5, 0.6) is 0 Å². The number of hydrogen-bond donors (Lipinski definition) is 0. The van der Waals surface area contributed by atoms with Crippen LogP contribution in [0, 0.1) is 5.41 Å². The summed E-state index contributed by atoms with van der Waals surface area (Å²) in [6.07, 6.45) is 0.991. The molecule has 7 rings (SSSR count). The number of aromatic nitrogens is 3. The summed E-state index contributed by atoms with van der Waals surface area (Å²) in [5.74, 6) is 0.762. The van der Waals surface area contributed by atoms with Gasteiger partial charge in [0, 0.05) is 44.5 Å². The van der Waals surface area contributed by atoms with Crippen molar-refractivity contribution in [2.45, 2.75) is 45.1 Å². The topological polar surface area (TPSA) is 37.2 Å². The molecule has 4 aromatic rings. The summed E-state index contributed by atoms with van der Waals surface area (Å²) in [6.45, 7) is 3.29. The van der Waals surface area contributed by atoms with Crippen molar-refractivity contribution in [1.82, 2.24) is 19.7 Å². The zero-order valence-electron chi connectivity index (χ0n) is 21.9. The van der Waals surface area contributed by atoms with Crippen LogP contribution in [-0.4, -0.2) is 32.8 Å². The minimum atomic E-state index is -4.38. The quantitative estimate of drug-likeness (QED) is 0.289. The molecular formula is C31H30F3N5. The van der Waals surface area contributed by atoms with Gasteiger partial charge in [0.25, 0.3) is 0 Å². The van der Waals surface area contributed by atoms with Crippen LogP contribution in [0.15, 0.2) is 67.0 Å². The van der Waals surface area contributed by atoms with Gasteiger partial charge in [0.05, 0.1) is 5.56 Å². The highest BCUT2D eigenvalue weighted by Gasteiger charge is 2.47. The van der Waals surface area contributed by atoms with Crippen molar-refractivity contribution in [3.63, 3.8) is 0 Å². The van der Waals surface area contributed by atoms with Crippen molar-refractivity contribution in [3.05, 3.63) is 89.2 Å². The summed E-state index contributed by atoms with van der Waals surface area (Å²) in [5.41, 5.74) is 5.78. The van der Waals surface area contributed by atoms with Gasteiger partial charge in [-0.25, -0.2) is 0 Å². The highest BCUT2D eigenvalue weighted by molar-refractivity contribution is 5.82. The van der Waals surface area contributed by atoms with Crippen LogP contribution in [0.2, 0.25) is 0 Å². The predicted octanol–water partition coefficient (Wildman–Crippen LogP) is 6.67. The molecule has 1 aromatic heterocycles. The first-order valence-electron chi connectivity index (χ1n) is 13.5. The molecule has 2 fully saturated rings. The third-order valence-electron chi connectivity index (χ3n) is 8.70. The lowest BCUT2D eigenvalue weighted by Crippen LogP contribution is -2.21. The molecule has 0 bridgehead atoms. The monoisotopic (exact) mass is 529 g/mol. The molecule has 3 aromatic carbocycles. The standard InChI is InChI=1S/C31H30F3N5/c1-37-20-35-36-29(37)26-8-3-2-7-25(26)22-5-4-6-24(15-22)39-17-23-13-21(14-28(27(23)18-39)31(32,33)34)16-38-12-11-30(19-38)9-10-30/h2-8,13-15,20H,9-12,16-19H2,1H3. The van der Waals surface area contributed by atoms with E-state index in [1.54, 1.807) is 6.33 Å². The Morgan fingerprint density at radius 3 is 2.46 bits per heavy atom. The van der Waals surface area contributed by atoms with Gasteiger partial charge in [0.2, 0.25) is 0 Å². The normalized spacial score (nSPS) is 18.2. The van der Waals surface area contributed by atoms with E-state index in [1.165, 1.54) is 25.3 Å². The van der Waals surface area contributed by atoms with Crippen LogP contribution in [0.1, 0.15) is 41.5 Å². The lowest BCUT2D eigenvalue weighted by atomic mass is 9.98. The van der Waals surface area contributed by atoms with E-state index >= 15 is 0 Å². The third kappa shape index (κ3) is 4.50. The smallest absolute Gasteiger partial charge is 0.363 e. The number of hydrogen-bond acceptors (Lipinski definition) is 4. The van der Waals surface area contributed by atoms with Crippen molar-refractivity contribution in [1.29, 1.82) is 0 Å². The van der Waals surface area contributed by atoms with Gasteiger partial charge in [-0.1, -0.05) is 42.5 Å². The number of alkyl halides is 3. The average Bonchev–Trinajstić information content (AvgIpc) is 3.21. The molecule has 1 saturated carbocycles. The van der Waals surface area contributed by atoms with E-state index in [4.69, 9.17) is 0 Å². The zero-order chi connectivity index (χ0) is 26.8. The molecule has 39 heavy (non-hydrogen) atoms. The Hall–Kier alpha value is -3.65. The van der Waals surface area contributed by atoms with Crippen LogP contribution in [0.4, 0.5) is 18.9 Å². The number of anilines is 1. The van der Waals surface area contributed by atoms with Gasteiger partial charge in [-0.15, -0.1) is 10.2 Å². The van der Waals surface area contributed by atoms with Gasteiger partial charge in [-0.3, -0.25) is 4.90 Å². The molecule has 0 unspecified atom stereocenters. The van der Waals surface area contributed by atoms with Crippen molar-refractivity contribution < 1.29 is 13.2 Å². The Morgan fingerprint density at radius 2 is 1.74 bits per heavy atom. The molecule has 200 valence electrons. The lowest BCUT2D eigenvalue weighted by Gasteiger charge is -2.20. The maximum Gasteiger partial charge on any atom is 0.416 e. The highest BCUT2D eigenvalue weighted by atomic mass is 19.4. The number of benzene rings is 3. The molecule has 2 aliphatic heterocycles.